The number of rotatable bonds is 3. The smallest absolute Gasteiger partial charge is 0.127 e. The number of aryl methyl sites for hydroxylation is 1. The molecule has 0 spiro atoms. The van der Waals surface area contributed by atoms with E-state index in [9.17, 15) is 0 Å². The lowest BCUT2D eigenvalue weighted by atomic mass is 10.3. The number of fused-ring (bicyclic) bond motifs is 1. The zero-order valence-corrected chi connectivity index (χ0v) is 10.0. The molecule has 2 heterocycles. The van der Waals surface area contributed by atoms with Crippen LogP contribution in [0, 0.1) is 6.92 Å². The van der Waals surface area contributed by atoms with Crippen molar-refractivity contribution >= 4 is 16.9 Å². The van der Waals surface area contributed by atoms with Gasteiger partial charge in [0.15, 0.2) is 0 Å². The molecule has 5 nitrogen and oxygen atoms in total. The van der Waals surface area contributed by atoms with E-state index >= 15 is 0 Å². The van der Waals surface area contributed by atoms with Gasteiger partial charge in [-0.15, -0.1) is 5.10 Å². The molecule has 3 aromatic rings. The number of anilines is 1. The van der Waals surface area contributed by atoms with Gasteiger partial charge in [0.1, 0.15) is 18.0 Å². The van der Waals surface area contributed by atoms with Crippen LogP contribution in [0.5, 0.6) is 0 Å². The van der Waals surface area contributed by atoms with Crippen molar-refractivity contribution in [3.63, 3.8) is 0 Å². The molecule has 0 bridgehead atoms. The lowest BCUT2D eigenvalue weighted by Gasteiger charge is -2.06. The highest BCUT2D eigenvalue weighted by atomic mass is 15.5. The molecule has 5 heteroatoms. The Morgan fingerprint density at radius 2 is 2.00 bits per heavy atom. The van der Waals surface area contributed by atoms with Crippen molar-refractivity contribution in [2.75, 3.05) is 5.32 Å². The van der Waals surface area contributed by atoms with E-state index in [1.807, 2.05) is 54.1 Å². The predicted molar refractivity (Wildman–Crippen MR) is 70.1 cm³/mol. The second-order valence-electron chi connectivity index (χ2n) is 4.08. The van der Waals surface area contributed by atoms with Gasteiger partial charge in [-0.1, -0.05) is 23.4 Å². The van der Waals surface area contributed by atoms with E-state index in [0.29, 0.717) is 6.67 Å². The van der Waals surface area contributed by atoms with E-state index in [2.05, 4.69) is 20.6 Å². The van der Waals surface area contributed by atoms with E-state index in [1.54, 1.807) is 0 Å². The van der Waals surface area contributed by atoms with Crippen molar-refractivity contribution in [1.29, 1.82) is 0 Å². The summed E-state index contributed by atoms with van der Waals surface area (Å²) in [4.78, 5) is 4.38. The van der Waals surface area contributed by atoms with Crippen LogP contribution >= 0.6 is 0 Å². The molecule has 0 saturated carbocycles. The van der Waals surface area contributed by atoms with Gasteiger partial charge in [0.25, 0.3) is 0 Å². The number of para-hydroxylation sites is 1. The van der Waals surface area contributed by atoms with Crippen LogP contribution < -0.4 is 5.32 Å². The molecule has 1 aromatic carbocycles. The number of benzene rings is 1. The van der Waals surface area contributed by atoms with Gasteiger partial charge in [-0.05, 0) is 31.2 Å². The van der Waals surface area contributed by atoms with Gasteiger partial charge < -0.3 is 5.32 Å². The fourth-order valence-corrected chi connectivity index (χ4v) is 1.83. The van der Waals surface area contributed by atoms with Crippen molar-refractivity contribution in [3.8, 4) is 0 Å². The van der Waals surface area contributed by atoms with E-state index in [0.717, 1.165) is 22.5 Å². The minimum atomic E-state index is 0.553. The summed E-state index contributed by atoms with van der Waals surface area (Å²) in [7, 11) is 0. The Hall–Kier alpha value is -2.43. The predicted octanol–water partition coefficient (Wildman–Crippen LogP) is 2.20. The molecule has 0 aliphatic rings. The third-order valence-corrected chi connectivity index (χ3v) is 2.72. The molecule has 0 saturated heterocycles. The monoisotopic (exact) mass is 239 g/mol. The SMILES string of the molecule is Cc1cccc(NCn2nnc3ccccc32)n1. The van der Waals surface area contributed by atoms with Crippen molar-refractivity contribution in [1.82, 2.24) is 20.0 Å². The molecule has 90 valence electrons. The molecule has 1 N–H and O–H groups in total. The summed E-state index contributed by atoms with van der Waals surface area (Å²) in [6.07, 6.45) is 0. The number of aromatic nitrogens is 4. The summed E-state index contributed by atoms with van der Waals surface area (Å²) < 4.78 is 1.82. The summed E-state index contributed by atoms with van der Waals surface area (Å²) in [6, 6.07) is 13.8. The summed E-state index contributed by atoms with van der Waals surface area (Å²) >= 11 is 0. The first-order valence-corrected chi connectivity index (χ1v) is 5.79. The quantitative estimate of drug-likeness (QED) is 0.761. The molecule has 0 atom stereocenters. The molecule has 2 aromatic heterocycles. The van der Waals surface area contributed by atoms with Crippen molar-refractivity contribution in [3.05, 3.63) is 48.2 Å². The Morgan fingerprint density at radius 3 is 2.89 bits per heavy atom. The lowest BCUT2D eigenvalue weighted by Crippen LogP contribution is -2.10. The Bertz CT molecular complexity index is 674. The van der Waals surface area contributed by atoms with Gasteiger partial charge >= 0.3 is 0 Å². The van der Waals surface area contributed by atoms with Crippen LogP contribution in [-0.2, 0) is 6.67 Å². The average molecular weight is 239 g/mol. The van der Waals surface area contributed by atoms with Gasteiger partial charge in [-0.3, -0.25) is 0 Å². The van der Waals surface area contributed by atoms with Crippen LogP contribution in [0.15, 0.2) is 42.5 Å². The molecule has 18 heavy (non-hydrogen) atoms. The summed E-state index contributed by atoms with van der Waals surface area (Å²) in [6.45, 7) is 2.52. The average Bonchev–Trinajstić information content (AvgIpc) is 2.80. The number of nitrogens with one attached hydrogen (secondary N) is 1. The van der Waals surface area contributed by atoms with Gasteiger partial charge in [-0.2, -0.15) is 0 Å². The molecule has 3 rings (SSSR count). The topological polar surface area (TPSA) is 55.6 Å². The highest BCUT2D eigenvalue weighted by molar-refractivity contribution is 5.73. The zero-order chi connectivity index (χ0) is 12.4. The highest BCUT2D eigenvalue weighted by Gasteiger charge is 2.02. The van der Waals surface area contributed by atoms with Crippen molar-refractivity contribution < 1.29 is 0 Å². The van der Waals surface area contributed by atoms with Crippen LogP contribution in [0.2, 0.25) is 0 Å². The molecule has 0 aliphatic heterocycles. The van der Waals surface area contributed by atoms with E-state index in [1.165, 1.54) is 0 Å². The second kappa shape index (κ2) is 4.44. The van der Waals surface area contributed by atoms with Crippen LogP contribution in [-0.4, -0.2) is 20.0 Å². The normalized spacial score (nSPS) is 10.7. The maximum atomic E-state index is 4.38. The van der Waals surface area contributed by atoms with Gasteiger partial charge in [0.05, 0.1) is 5.52 Å². The third kappa shape index (κ3) is 2.02. The summed E-state index contributed by atoms with van der Waals surface area (Å²) in [5, 5.41) is 11.4. The maximum Gasteiger partial charge on any atom is 0.127 e. The Balaban J connectivity index is 1.81. The maximum absolute atomic E-state index is 4.38. The molecule has 0 radical (unpaired) electrons. The minimum absolute atomic E-state index is 0.553. The second-order valence-corrected chi connectivity index (χ2v) is 4.08. The molecular weight excluding hydrogens is 226 g/mol. The fourth-order valence-electron chi connectivity index (χ4n) is 1.83. The molecular formula is C13H13N5. The largest absolute Gasteiger partial charge is 0.351 e. The zero-order valence-electron chi connectivity index (χ0n) is 10.0. The number of hydrogen-bond acceptors (Lipinski definition) is 4. The first-order valence-electron chi connectivity index (χ1n) is 5.79. The summed E-state index contributed by atoms with van der Waals surface area (Å²) in [5.41, 5.74) is 2.90. The first kappa shape index (κ1) is 10.7. The molecule has 0 fully saturated rings. The number of nitrogens with zero attached hydrogens (tertiary/aromatic N) is 4. The number of pyridine rings is 1. The standard InChI is InChI=1S/C13H13N5/c1-10-5-4-8-13(15-10)14-9-18-12-7-3-2-6-11(12)16-17-18/h2-8H,9H2,1H3,(H,14,15). The minimum Gasteiger partial charge on any atom is -0.351 e. The first-order chi connectivity index (χ1) is 8.83. The molecule has 0 aliphatic carbocycles. The van der Waals surface area contributed by atoms with E-state index < -0.39 is 0 Å². The molecule has 0 amide bonds. The van der Waals surface area contributed by atoms with Crippen molar-refractivity contribution in [2.45, 2.75) is 13.6 Å². The van der Waals surface area contributed by atoms with Crippen LogP contribution in [0.25, 0.3) is 11.0 Å². The van der Waals surface area contributed by atoms with Crippen molar-refractivity contribution in [2.24, 2.45) is 0 Å². The van der Waals surface area contributed by atoms with E-state index in [-0.39, 0.29) is 0 Å². The third-order valence-electron chi connectivity index (χ3n) is 2.72. The van der Waals surface area contributed by atoms with E-state index in [4.69, 9.17) is 0 Å². The van der Waals surface area contributed by atoms with Gasteiger partial charge in [-0.25, -0.2) is 9.67 Å². The van der Waals surface area contributed by atoms with Gasteiger partial charge in [0.2, 0.25) is 0 Å². The van der Waals surface area contributed by atoms with Gasteiger partial charge in [0, 0.05) is 5.69 Å². The fraction of sp³-hybridized carbons (Fsp3) is 0.154. The lowest BCUT2D eigenvalue weighted by molar-refractivity contribution is 0.653. The molecule has 0 unspecified atom stereocenters. The highest BCUT2D eigenvalue weighted by Crippen LogP contribution is 2.10. The summed E-state index contributed by atoms with van der Waals surface area (Å²) in [5.74, 6) is 0.842. The Labute approximate surface area is 104 Å². The van der Waals surface area contributed by atoms with Crippen LogP contribution in [0.1, 0.15) is 5.69 Å². The van der Waals surface area contributed by atoms with Crippen LogP contribution in [0.4, 0.5) is 5.82 Å². The van der Waals surface area contributed by atoms with Crippen LogP contribution in [0.3, 0.4) is 0 Å². The Morgan fingerprint density at radius 1 is 1.11 bits per heavy atom. The Kier molecular flexibility index (Phi) is 2.64. The number of hydrogen-bond donors (Lipinski definition) is 1.